The Morgan fingerprint density at radius 2 is 0.737 bits per heavy atom. The van der Waals surface area contributed by atoms with Gasteiger partial charge in [0, 0.05) is 18.1 Å². The number of fused-ring (bicyclic) bond motifs is 2. The van der Waals surface area contributed by atoms with Crippen LogP contribution in [0, 0.1) is 0 Å². The molecule has 1 nitrogen and oxygen atoms in total. The molecule has 0 N–H and O–H groups in total. The standard InChI is InChI=1S/C18H33N/c1-2-4-6-8-11-16(10-7-5-3-1)19-17-12-9-13-18(19)15-14-17/h16-18H,1-15H2. The van der Waals surface area contributed by atoms with Crippen molar-refractivity contribution in [2.24, 2.45) is 0 Å². The number of rotatable bonds is 1. The molecule has 0 aromatic carbocycles. The molecule has 0 amide bonds. The minimum Gasteiger partial charge on any atom is -0.294 e. The highest BCUT2D eigenvalue weighted by atomic mass is 15.2. The summed E-state index contributed by atoms with van der Waals surface area (Å²) in [4.78, 5) is 3.02. The van der Waals surface area contributed by atoms with E-state index in [1.807, 2.05) is 0 Å². The van der Waals surface area contributed by atoms with Gasteiger partial charge in [-0.15, -0.1) is 0 Å². The molecule has 1 aliphatic carbocycles. The second kappa shape index (κ2) is 7.11. The summed E-state index contributed by atoms with van der Waals surface area (Å²) in [6, 6.07) is 2.92. The fourth-order valence-electron chi connectivity index (χ4n) is 5.02. The van der Waals surface area contributed by atoms with Crippen molar-refractivity contribution >= 4 is 0 Å². The van der Waals surface area contributed by atoms with Gasteiger partial charge in [-0.25, -0.2) is 0 Å². The Morgan fingerprint density at radius 3 is 1.26 bits per heavy atom. The van der Waals surface area contributed by atoms with Crippen molar-refractivity contribution in [1.29, 1.82) is 0 Å². The summed E-state index contributed by atoms with van der Waals surface area (Å²) in [7, 11) is 0. The zero-order chi connectivity index (χ0) is 12.9. The molecule has 0 spiro atoms. The molecule has 110 valence electrons. The van der Waals surface area contributed by atoms with Crippen LogP contribution in [0.3, 0.4) is 0 Å². The van der Waals surface area contributed by atoms with Gasteiger partial charge in [0.1, 0.15) is 0 Å². The largest absolute Gasteiger partial charge is 0.294 e. The SMILES string of the molecule is C1CCCCCC(N2C3CCCC2CC3)CCCC1. The summed E-state index contributed by atoms with van der Waals surface area (Å²) in [5.41, 5.74) is 0. The average molecular weight is 263 g/mol. The molecule has 2 aliphatic heterocycles. The van der Waals surface area contributed by atoms with Crippen LogP contribution in [0.5, 0.6) is 0 Å². The molecule has 2 heterocycles. The van der Waals surface area contributed by atoms with E-state index in [4.69, 9.17) is 0 Å². The minimum absolute atomic E-state index is 0.955. The van der Waals surface area contributed by atoms with Crippen LogP contribution in [-0.4, -0.2) is 23.0 Å². The van der Waals surface area contributed by atoms with E-state index in [-0.39, 0.29) is 0 Å². The van der Waals surface area contributed by atoms with Gasteiger partial charge in [-0.1, -0.05) is 57.8 Å². The predicted octanol–water partition coefficient (Wildman–Crippen LogP) is 5.29. The Labute approximate surface area is 120 Å². The van der Waals surface area contributed by atoms with E-state index in [0.29, 0.717) is 0 Å². The van der Waals surface area contributed by atoms with E-state index in [9.17, 15) is 0 Å². The molecule has 2 unspecified atom stereocenters. The first-order valence-corrected chi connectivity index (χ1v) is 9.22. The van der Waals surface area contributed by atoms with Gasteiger partial charge >= 0.3 is 0 Å². The van der Waals surface area contributed by atoms with Gasteiger partial charge in [-0.3, -0.25) is 4.90 Å². The van der Waals surface area contributed by atoms with Gasteiger partial charge in [-0.05, 0) is 38.5 Å². The maximum absolute atomic E-state index is 3.02. The summed E-state index contributed by atoms with van der Waals surface area (Å²) in [6.07, 6.45) is 22.6. The van der Waals surface area contributed by atoms with Crippen LogP contribution in [0.25, 0.3) is 0 Å². The molecule has 3 rings (SSSR count). The fraction of sp³-hybridized carbons (Fsp3) is 1.00. The lowest BCUT2D eigenvalue weighted by Crippen LogP contribution is -2.46. The second-order valence-electron chi connectivity index (χ2n) is 7.32. The summed E-state index contributed by atoms with van der Waals surface area (Å²) >= 11 is 0. The Bertz CT molecular complexity index is 234. The molecule has 2 saturated heterocycles. The fourth-order valence-corrected chi connectivity index (χ4v) is 5.02. The molecule has 1 saturated carbocycles. The van der Waals surface area contributed by atoms with Crippen molar-refractivity contribution in [1.82, 2.24) is 4.90 Å². The highest BCUT2D eigenvalue weighted by molar-refractivity contribution is 4.95. The summed E-state index contributed by atoms with van der Waals surface area (Å²) in [5.74, 6) is 0. The summed E-state index contributed by atoms with van der Waals surface area (Å²) in [6.45, 7) is 0. The van der Waals surface area contributed by atoms with Crippen LogP contribution in [0.4, 0.5) is 0 Å². The van der Waals surface area contributed by atoms with Crippen molar-refractivity contribution in [3.8, 4) is 0 Å². The first kappa shape index (κ1) is 13.9. The van der Waals surface area contributed by atoms with Gasteiger partial charge in [0.15, 0.2) is 0 Å². The van der Waals surface area contributed by atoms with Crippen molar-refractivity contribution in [2.45, 2.75) is 114 Å². The highest BCUT2D eigenvalue weighted by Crippen LogP contribution is 2.39. The van der Waals surface area contributed by atoms with E-state index in [2.05, 4.69) is 4.90 Å². The quantitative estimate of drug-likeness (QED) is 0.621. The zero-order valence-corrected chi connectivity index (χ0v) is 12.8. The van der Waals surface area contributed by atoms with Gasteiger partial charge in [-0.2, -0.15) is 0 Å². The number of nitrogens with zero attached hydrogens (tertiary/aromatic N) is 1. The molecule has 2 bridgehead atoms. The maximum Gasteiger partial charge on any atom is 0.0102 e. The van der Waals surface area contributed by atoms with Gasteiger partial charge < -0.3 is 0 Å². The molecular formula is C18H33N. The number of hydrogen-bond acceptors (Lipinski definition) is 1. The number of piperidine rings is 1. The monoisotopic (exact) mass is 263 g/mol. The normalized spacial score (nSPS) is 36.0. The lowest BCUT2D eigenvalue weighted by atomic mass is 9.94. The molecule has 0 aromatic rings. The molecule has 0 radical (unpaired) electrons. The topological polar surface area (TPSA) is 3.24 Å². The first-order chi connectivity index (χ1) is 9.45. The van der Waals surface area contributed by atoms with Crippen molar-refractivity contribution in [2.75, 3.05) is 0 Å². The first-order valence-electron chi connectivity index (χ1n) is 9.22. The van der Waals surface area contributed by atoms with Crippen LogP contribution in [0.15, 0.2) is 0 Å². The van der Waals surface area contributed by atoms with E-state index in [0.717, 1.165) is 18.1 Å². The van der Waals surface area contributed by atoms with Crippen molar-refractivity contribution < 1.29 is 0 Å². The third kappa shape index (κ3) is 3.54. The van der Waals surface area contributed by atoms with Crippen molar-refractivity contribution in [3.05, 3.63) is 0 Å². The van der Waals surface area contributed by atoms with Crippen LogP contribution in [0.1, 0.15) is 96.3 Å². The Morgan fingerprint density at radius 1 is 0.368 bits per heavy atom. The Kier molecular flexibility index (Phi) is 5.21. The molecule has 19 heavy (non-hydrogen) atoms. The molecule has 2 atom stereocenters. The van der Waals surface area contributed by atoms with Crippen LogP contribution >= 0.6 is 0 Å². The van der Waals surface area contributed by atoms with Gasteiger partial charge in [0.05, 0.1) is 0 Å². The minimum atomic E-state index is 0.955. The van der Waals surface area contributed by atoms with E-state index in [1.54, 1.807) is 0 Å². The molecule has 3 fully saturated rings. The molecule has 0 aromatic heterocycles. The van der Waals surface area contributed by atoms with E-state index < -0.39 is 0 Å². The van der Waals surface area contributed by atoms with Crippen molar-refractivity contribution in [3.63, 3.8) is 0 Å². The number of hydrogen-bond donors (Lipinski definition) is 0. The smallest absolute Gasteiger partial charge is 0.0102 e. The molecule has 3 aliphatic rings. The van der Waals surface area contributed by atoms with Crippen LogP contribution < -0.4 is 0 Å². The highest BCUT2D eigenvalue weighted by Gasteiger charge is 2.39. The third-order valence-corrected chi connectivity index (χ3v) is 6.00. The average Bonchev–Trinajstić information content (AvgIpc) is 2.67. The van der Waals surface area contributed by atoms with E-state index >= 15 is 0 Å². The van der Waals surface area contributed by atoms with E-state index in [1.165, 1.54) is 96.3 Å². The maximum atomic E-state index is 3.02. The summed E-state index contributed by atoms with van der Waals surface area (Å²) in [5, 5.41) is 0. The zero-order valence-electron chi connectivity index (χ0n) is 12.8. The predicted molar refractivity (Wildman–Crippen MR) is 82.5 cm³/mol. The third-order valence-electron chi connectivity index (χ3n) is 6.00. The van der Waals surface area contributed by atoms with Crippen LogP contribution in [0.2, 0.25) is 0 Å². The lowest BCUT2D eigenvalue weighted by molar-refractivity contribution is 0.0737. The molecular weight excluding hydrogens is 230 g/mol. The second-order valence-corrected chi connectivity index (χ2v) is 7.32. The lowest BCUT2D eigenvalue weighted by Gasteiger charge is -2.41. The van der Waals surface area contributed by atoms with Gasteiger partial charge in [0.2, 0.25) is 0 Å². The Hall–Kier alpha value is -0.0400. The molecule has 1 heteroatoms. The Balaban J connectivity index is 1.59. The summed E-state index contributed by atoms with van der Waals surface area (Å²) < 4.78 is 0. The van der Waals surface area contributed by atoms with Crippen LogP contribution in [-0.2, 0) is 0 Å². The van der Waals surface area contributed by atoms with Gasteiger partial charge in [0.25, 0.3) is 0 Å².